The molecule has 96 valence electrons. The van der Waals surface area contributed by atoms with Crippen LogP contribution in [0.4, 0.5) is 5.95 Å². The fraction of sp³-hybridized carbons (Fsp3) is 0.385. The first kappa shape index (κ1) is 13.0. The summed E-state index contributed by atoms with van der Waals surface area (Å²) < 4.78 is 1.97. The van der Waals surface area contributed by atoms with Gasteiger partial charge in [0.1, 0.15) is 0 Å². The molecule has 2 N–H and O–H groups in total. The third-order valence-corrected chi connectivity index (χ3v) is 3.62. The van der Waals surface area contributed by atoms with Gasteiger partial charge >= 0.3 is 0 Å². The van der Waals surface area contributed by atoms with Gasteiger partial charge in [0.05, 0.1) is 0 Å². The maximum atomic E-state index is 5.80. The third-order valence-electron chi connectivity index (χ3n) is 2.67. The summed E-state index contributed by atoms with van der Waals surface area (Å²) in [5.41, 5.74) is 7.14. The fourth-order valence-electron chi connectivity index (χ4n) is 1.78. The van der Waals surface area contributed by atoms with Crippen molar-refractivity contribution in [1.82, 2.24) is 14.8 Å². The predicted octanol–water partition coefficient (Wildman–Crippen LogP) is 2.78. The third kappa shape index (κ3) is 3.04. The number of anilines is 1. The van der Waals surface area contributed by atoms with Gasteiger partial charge in [0.2, 0.25) is 5.95 Å². The number of nitrogens with zero attached hydrogens (tertiary/aromatic N) is 3. The van der Waals surface area contributed by atoms with Crippen LogP contribution in [0, 0.1) is 0 Å². The Morgan fingerprint density at radius 3 is 2.61 bits per heavy atom. The molecule has 2 aromatic rings. The highest BCUT2D eigenvalue weighted by Crippen LogP contribution is 2.23. The maximum absolute atomic E-state index is 5.80. The van der Waals surface area contributed by atoms with Crippen LogP contribution in [0.15, 0.2) is 35.5 Å². The Bertz CT molecular complexity index is 493. The second kappa shape index (κ2) is 5.91. The van der Waals surface area contributed by atoms with Gasteiger partial charge in [-0.05, 0) is 25.8 Å². The van der Waals surface area contributed by atoms with Crippen molar-refractivity contribution in [3.8, 4) is 0 Å². The summed E-state index contributed by atoms with van der Waals surface area (Å²) in [6.45, 7) is 4.17. The van der Waals surface area contributed by atoms with Crippen molar-refractivity contribution >= 4 is 17.7 Å². The summed E-state index contributed by atoms with van der Waals surface area (Å²) in [7, 11) is 0. The standard InChI is InChI=1S/C13H18N4S/c1-10(2)17-12(14)15-16-13(17)18-9-8-11-6-4-3-5-7-11/h3-7,10H,8-9H2,1-2H3,(H2,14,15). The molecule has 0 aliphatic heterocycles. The van der Waals surface area contributed by atoms with Gasteiger partial charge in [-0.3, -0.25) is 4.57 Å². The van der Waals surface area contributed by atoms with Gasteiger partial charge in [-0.25, -0.2) is 0 Å². The van der Waals surface area contributed by atoms with E-state index in [0.29, 0.717) is 12.0 Å². The van der Waals surface area contributed by atoms with E-state index in [1.165, 1.54) is 5.56 Å². The summed E-state index contributed by atoms with van der Waals surface area (Å²) in [6, 6.07) is 10.7. The van der Waals surface area contributed by atoms with E-state index in [4.69, 9.17) is 5.73 Å². The Morgan fingerprint density at radius 1 is 1.22 bits per heavy atom. The van der Waals surface area contributed by atoms with Crippen molar-refractivity contribution in [2.24, 2.45) is 0 Å². The lowest BCUT2D eigenvalue weighted by atomic mass is 10.2. The molecule has 0 spiro atoms. The lowest BCUT2D eigenvalue weighted by molar-refractivity contribution is 0.557. The molecule has 0 aliphatic rings. The van der Waals surface area contributed by atoms with Gasteiger partial charge in [0.15, 0.2) is 5.16 Å². The van der Waals surface area contributed by atoms with Crippen molar-refractivity contribution in [2.75, 3.05) is 11.5 Å². The fourth-order valence-corrected chi connectivity index (χ4v) is 2.84. The van der Waals surface area contributed by atoms with E-state index in [1.807, 2.05) is 10.6 Å². The summed E-state index contributed by atoms with van der Waals surface area (Å²) in [5.74, 6) is 1.47. The van der Waals surface area contributed by atoms with Crippen LogP contribution >= 0.6 is 11.8 Å². The Hall–Kier alpha value is -1.49. The first-order chi connectivity index (χ1) is 8.68. The number of hydrogen-bond acceptors (Lipinski definition) is 4. The molecule has 1 aromatic heterocycles. The molecule has 0 saturated carbocycles. The molecular formula is C13H18N4S. The van der Waals surface area contributed by atoms with E-state index < -0.39 is 0 Å². The van der Waals surface area contributed by atoms with Crippen molar-refractivity contribution in [3.05, 3.63) is 35.9 Å². The molecule has 0 bridgehead atoms. The summed E-state index contributed by atoms with van der Waals surface area (Å²) >= 11 is 1.70. The molecule has 0 radical (unpaired) electrons. The van der Waals surface area contributed by atoms with Gasteiger partial charge in [-0.1, -0.05) is 42.1 Å². The number of hydrogen-bond donors (Lipinski definition) is 1. The Balaban J connectivity index is 1.95. The minimum Gasteiger partial charge on any atom is -0.368 e. The summed E-state index contributed by atoms with van der Waals surface area (Å²) in [4.78, 5) is 0. The Morgan fingerprint density at radius 2 is 1.94 bits per heavy atom. The van der Waals surface area contributed by atoms with Crippen molar-refractivity contribution in [2.45, 2.75) is 31.5 Å². The molecule has 0 fully saturated rings. The topological polar surface area (TPSA) is 56.7 Å². The molecule has 2 rings (SSSR count). The highest BCUT2D eigenvalue weighted by molar-refractivity contribution is 7.99. The predicted molar refractivity (Wildman–Crippen MR) is 75.7 cm³/mol. The smallest absolute Gasteiger partial charge is 0.222 e. The van der Waals surface area contributed by atoms with Crippen LogP contribution in [0.1, 0.15) is 25.5 Å². The normalized spacial score (nSPS) is 11.1. The van der Waals surface area contributed by atoms with E-state index in [2.05, 4.69) is 48.3 Å². The Labute approximate surface area is 112 Å². The van der Waals surface area contributed by atoms with Crippen LogP contribution < -0.4 is 5.73 Å². The van der Waals surface area contributed by atoms with Gasteiger partial charge in [-0.15, -0.1) is 10.2 Å². The first-order valence-electron chi connectivity index (χ1n) is 6.05. The number of rotatable bonds is 5. The number of nitrogen functional groups attached to an aromatic ring is 1. The van der Waals surface area contributed by atoms with E-state index in [0.717, 1.165) is 17.3 Å². The maximum Gasteiger partial charge on any atom is 0.222 e. The molecule has 0 atom stereocenters. The van der Waals surface area contributed by atoms with Crippen LogP contribution in [-0.4, -0.2) is 20.5 Å². The highest BCUT2D eigenvalue weighted by Gasteiger charge is 2.12. The zero-order valence-electron chi connectivity index (χ0n) is 10.7. The molecule has 0 amide bonds. The van der Waals surface area contributed by atoms with E-state index in [9.17, 15) is 0 Å². The summed E-state index contributed by atoms with van der Waals surface area (Å²) in [5, 5.41) is 8.95. The number of benzene rings is 1. The van der Waals surface area contributed by atoms with E-state index in [1.54, 1.807) is 11.8 Å². The zero-order chi connectivity index (χ0) is 13.0. The average molecular weight is 262 g/mol. The van der Waals surface area contributed by atoms with Crippen molar-refractivity contribution in [3.63, 3.8) is 0 Å². The van der Waals surface area contributed by atoms with Gasteiger partial charge < -0.3 is 5.73 Å². The molecular weight excluding hydrogens is 244 g/mol. The molecule has 0 saturated heterocycles. The minimum absolute atomic E-state index is 0.291. The lowest BCUT2D eigenvalue weighted by Crippen LogP contribution is -2.07. The Kier molecular flexibility index (Phi) is 4.25. The highest BCUT2D eigenvalue weighted by atomic mass is 32.2. The van der Waals surface area contributed by atoms with E-state index in [-0.39, 0.29) is 0 Å². The molecule has 0 unspecified atom stereocenters. The van der Waals surface area contributed by atoms with Crippen LogP contribution in [0.2, 0.25) is 0 Å². The number of aromatic nitrogens is 3. The number of thioether (sulfide) groups is 1. The van der Waals surface area contributed by atoms with Crippen molar-refractivity contribution in [1.29, 1.82) is 0 Å². The molecule has 4 nitrogen and oxygen atoms in total. The quantitative estimate of drug-likeness (QED) is 0.842. The molecule has 1 heterocycles. The lowest BCUT2D eigenvalue weighted by Gasteiger charge is -2.11. The van der Waals surface area contributed by atoms with Crippen LogP contribution in [0.25, 0.3) is 0 Å². The van der Waals surface area contributed by atoms with Crippen LogP contribution in [-0.2, 0) is 6.42 Å². The largest absolute Gasteiger partial charge is 0.368 e. The monoisotopic (exact) mass is 262 g/mol. The SMILES string of the molecule is CC(C)n1c(N)nnc1SCCc1ccccc1. The van der Waals surface area contributed by atoms with Crippen LogP contribution in [0.5, 0.6) is 0 Å². The minimum atomic E-state index is 0.291. The number of aryl methyl sites for hydroxylation is 1. The van der Waals surface area contributed by atoms with Gasteiger partial charge in [-0.2, -0.15) is 0 Å². The second-order valence-electron chi connectivity index (χ2n) is 4.39. The summed E-state index contributed by atoms with van der Waals surface area (Å²) in [6.07, 6.45) is 1.02. The van der Waals surface area contributed by atoms with Gasteiger partial charge in [0.25, 0.3) is 0 Å². The molecule has 18 heavy (non-hydrogen) atoms. The van der Waals surface area contributed by atoms with Crippen molar-refractivity contribution < 1.29 is 0 Å². The second-order valence-corrected chi connectivity index (χ2v) is 5.45. The molecule has 5 heteroatoms. The number of nitrogens with two attached hydrogens (primary N) is 1. The van der Waals surface area contributed by atoms with Crippen LogP contribution in [0.3, 0.4) is 0 Å². The molecule has 0 aliphatic carbocycles. The zero-order valence-corrected chi connectivity index (χ0v) is 11.5. The average Bonchev–Trinajstić information content (AvgIpc) is 2.72. The molecule has 1 aromatic carbocycles. The van der Waals surface area contributed by atoms with Gasteiger partial charge in [0, 0.05) is 11.8 Å². The van der Waals surface area contributed by atoms with E-state index >= 15 is 0 Å². The first-order valence-corrected chi connectivity index (χ1v) is 7.04.